The van der Waals surface area contributed by atoms with Crippen LogP contribution >= 0.6 is 49.5 Å². The van der Waals surface area contributed by atoms with Gasteiger partial charge in [-0.25, -0.2) is 0 Å². The minimum absolute atomic E-state index is 0. The summed E-state index contributed by atoms with van der Waals surface area (Å²) < 4.78 is 65.4. The summed E-state index contributed by atoms with van der Waals surface area (Å²) in [5.41, 5.74) is 1.32. The molecule has 0 aliphatic heterocycles. The molecule has 0 aliphatic carbocycles. The second-order valence-corrected chi connectivity index (χ2v) is 8.91. The molecule has 0 N–H and O–H groups in total. The molecule has 1 aromatic carbocycles. The minimum atomic E-state index is -3.51. The first-order valence-corrected chi connectivity index (χ1v) is 13.4. The fraction of sp³-hybridized carbons (Fsp3) is 0.143. The third-order valence-corrected chi connectivity index (χ3v) is 5.44. The van der Waals surface area contributed by atoms with E-state index in [2.05, 4.69) is 32.0 Å². The molecule has 30 heavy (non-hydrogen) atoms. The third kappa shape index (κ3) is 52.7. The van der Waals surface area contributed by atoms with Crippen LogP contribution in [0.15, 0.2) is 30.3 Å². The average Bonchev–Trinajstić information content (AvgIpc) is 2.45. The maximum atomic E-state index is 9.29. The van der Waals surface area contributed by atoms with Crippen LogP contribution in [0.4, 0.5) is 0 Å². The topological polar surface area (TPSA) is 268 Å². The molecule has 0 heterocycles. The zero-order valence-electron chi connectivity index (χ0n) is 14.5. The van der Waals surface area contributed by atoms with Gasteiger partial charge in [-0.05, 0) is 6.92 Å². The van der Waals surface area contributed by atoms with Crippen LogP contribution in [0.3, 0.4) is 0 Å². The zero-order valence-corrected chi connectivity index (χ0v) is 26.8. The normalized spacial score (nSPS) is 15.0. The van der Waals surface area contributed by atoms with Crippen LogP contribution in [0.2, 0.25) is 0 Å². The number of rotatable bonds is 6. The van der Waals surface area contributed by atoms with Crippen molar-refractivity contribution in [2.75, 3.05) is 0 Å². The van der Waals surface area contributed by atoms with Gasteiger partial charge in [0.15, 0.2) is 0 Å². The number of benzene rings is 1. The van der Waals surface area contributed by atoms with E-state index in [0.29, 0.717) is 0 Å². The second kappa shape index (κ2) is 30.0. The van der Waals surface area contributed by atoms with Crippen LogP contribution < -0.4 is 29.4 Å². The summed E-state index contributed by atoms with van der Waals surface area (Å²) in [4.78, 5) is 55.7. The Kier molecular flexibility index (Phi) is 43.1. The van der Waals surface area contributed by atoms with E-state index in [-0.39, 0.29) is 83.5 Å². The first-order valence-electron chi connectivity index (χ1n) is 6.08. The van der Waals surface area contributed by atoms with E-state index in [0.717, 1.165) is 0 Å². The van der Waals surface area contributed by atoms with Gasteiger partial charge in [-0.3, -0.25) is 12.9 Å². The standard InChI is InChI=1S/C7H8.2Ce.3H4O5P2/c1-7-5-3-2-4-6-7;;;3*1-6(2)5-7(3)4/h2-6H,1H3;;;3*6-7H,(H,1,2)(H,3,4)/q;2*+3;;;/p-6. The number of hydrogen-bond acceptors (Lipinski definition) is 15. The van der Waals surface area contributed by atoms with E-state index in [9.17, 15) is 56.8 Å². The fourth-order valence-electron chi connectivity index (χ4n) is 0.739. The molecule has 170 valence electrons. The van der Waals surface area contributed by atoms with Crippen molar-refractivity contribution in [1.82, 2.24) is 0 Å². The molecule has 23 heteroatoms. The summed E-state index contributed by atoms with van der Waals surface area (Å²) in [6.45, 7) is 2.08. The molecule has 6 unspecified atom stereocenters. The van der Waals surface area contributed by atoms with Crippen LogP contribution in [0.1, 0.15) is 5.56 Å². The fourth-order valence-corrected chi connectivity index (χ4v) is 2.37. The molecule has 0 aromatic heterocycles. The Morgan fingerprint density at radius 3 is 0.800 bits per heavy atom. The average molecular weight is 804 g/mol. The largest absolute Gasteiger partial charge is 3.00 e. The molecule has 1 aromatic rings. The molecule has 0 amide bonds. The Morgan fingerprint density at radius 2 is 0.733 bits per heavy atom. The van der Waals surface area contributed by atoms with E-state index in [1.807, 2.05) is 18.2 Å². The van der Waals surface area contributed by atoms with Gasteiger partial charge in [0.05, 0.1) is 0 Å². The van der Waals surface area contributed by atoms with Gasteiger partial charge in [0.1, 0.15) is 49.5 Å². The molecule has 0 bridgehead atoms. The third-order valence-electron chi connectivity index (χ3n) is 1.44. The van der Waals surface area contributed by atoms with Crippen molar-refractivity contribution in [3.63, 3.8) is 0 Å². The van der Waals surface area contributed by atoms with Gasteiger partial charge in [-0.15, -0.1) is 0 Å². The number of aryl methyl sites for hydroxylation is 1. The van der Waals surface area contributed by atoms with Gasteiger partial charge in [0.2, 0.25) is 0 Å². The van der Waals surface area contributed by atoms with Gasteiger partial charge < -0.3 is 56.8 Å². The van der Waals surface area contributed by atoms with Crippen LogP contribution in [-0.2, 0) is 40.3 Å². The van der Waals surface area contributed by atoms with Crippen LogP contribution in [-0.4, -0.2) is 0 Å². The van der Waals surface area contributed by atoms with E-state index in [1.165, 1.54) is 5.56 Å². The molecule has 1 rings (SSSR count). The van der Waals surface area contributed by atoms with Crippen molar-refractivity contribution in [3.05, 3.63) is 35.9 Å². The maximum absolute atomic E-state index is 9.29. The molecule has 0 aliphatic rings. The van der Waals surface area contributed by atoms with Gasteiger partial charge in [-0.2, -0.15) is 0 Å². The summed E-state index contributed by atoms with van der Waals surface area (Å²) in [5, 5.41) is 0. The van der Waals surface area contributed by atoms with Crippen LogP contribution in [0, 0.1) is 90.4 Å². The van der Waals surface area contributed by atoms with Gasteiger partial charge in [0.25, 0.3) is 0 Å². The Balaban J connectivity index is -0.0000000906. The van der Waals surface area contributed by atoms with Crippen LogP contribution in [0.25, 0.3) is 0 Å². The molecule has 0 saturated carbocycles. The Morgan fingerprint density at radius 1 is 0.533 bits per heavy atom. The molecule has 2 radical (unpaired) electrons. The summed E-state index contributed by atoms with van der Waals surface area (Å²) in [6.07, 6.45) is 0. The molecule has 15 nitrogen and oxygen atoms in total. The van der Waals surface area contributed by atoms with Crippen LogP contribution in [0.5, 0.6) is 0 Å². The summed E-state index contributed by atoms with van der Waals surface area (Å²) in [6, 6.07) is 10.3. The van der Waals surface area contributed by atoms with Crippen molar-refractivity contribution in [3.8, 4) is 0 Å². The quantitative estimate of drug-likeness (QED) is 0.269. The molecular formula is C7H14Ce2O15P6. The van der Waals surface area contributed by atoms with E-state index in [4.69, 9.17) is 0 Å². The van der Waals surface area contributed by atoms with Crippen molar-refractivity contribution >= 4 is 49.5 Å². The number of hydrogen-bond donors (Lipinski definition) is 0. The zero-order chi connectivity index (χ0) is 22.7. The van der Waals surface area contributed by atoms with Crippen molar-refractivity contribution < 1.29 is 153 Å². The summed E-state index contributed by atoms with van der Waals surface area (Å²) in [5.74, 6) is 0. The van der Waals surface area contributed by atoms with Gasteiger partial charge in [0, 0.05) is 0 Å². The van der Waals surface area contributed by atoms with Gasteiger partial charge >= 0.3 is 83.5 Å². The van der Waals surface area contributed by atoms with Crippen molar-refractivity contribution in [2.24, 2.45) is 0 Å². The maximum Gasteiger partial charge on any atom is 3.00 e. The Hall–Kier alpha value is 2.99. The Labute approximate surface area is 242 Å². The first kappa shape index (κ1) is 43.1. The minimum Gasteiger partial charge on any atom is -0.781 e. The first-order chi connectivity index (χ1) is 12.8. The molecule has 0 fully saturated rings. The smallest absolute Gasteiger partial charge is 0.781 e. The summed E-state index contributed by atoms with van der Waals surface area (Å²) in [7, 11) is -21.1. The SMILES string of the molecule is Cc1ccccc1.O=[PH]([O-])O[PH](=O)[O-].O=[PH]([O-])O[PH](=O)[O-].O=[PH]([O-])O[PH](=O)[O-].[Ce+3].[Ce+3]. The molecule has 6 atom stereocenters. The summed E-state index contributed by atoms with van der Waals surface area (Å²) >= 11 is 0. The molecule has 0 saturated heterocycles. The predicted molar refractivity (Wildman–Crippen MR) is 88.4 cm³/mol. The van der Waals surface area contributed by atoms with E-state index in [1.54, 1.807) is 0 Å². The van der Waals surface area contributed by atoms with E-state index >= 15 is 0 Å². The van der Waals surface area contributed by atoms with Gasteiger partial charge in [-0.1, -0.05) is 35.9 Å². The molecule has 0 spiro atoms. The van der Waals surface area contributed by atoms with E-state index < -0.39 is 49.5 Å². The monoisotopic (exact) mass is 804 g/mol. The second-order valence-electron chi connectivity index (χ2n) is 3.46. The Bertz CT molecular complexity index is 577. The predicted octanol–water partition coefficient (Wildman–Crippen LogP) is -2.50. The molecular weight excluding hydrogens is 790 g/mol. The van der Waals surface area contributed by atoms with Crippen molar-refractivity contribution in [2.45, 2.75) is 6.92 Å². The van der Waals surface area contributed by atoms with Crippen molar-refractivity contribution in [1.29, 1.82) is 0 Å².